The Balaban J connectivity index is 0. The van der Waals surface area contributed by atoms with Gasteiger partial charge in [-0.15, -0.1) is 4.91 Å². The molecule has 0 heterocycles. The Morgan fingerprint density at radius 2 is 2.14 bits per heavy atom. The van der Waals surface area contributed by atoms with Gasteiger partial charge in [0.05, 0.1) is 0 Å². The molecule has 1 atom stereocenters. The average Bonchev–Trinajstić information content (AvgIpc) is 1.35. The normalized spacial score (nSPS) is 11.6. The van der Waals surface area contributed by atoms with Gasteiger partial charge in [0.25, 0.3) is 0 Å². The van der Waals surface area contributed by atoms with Crippen LogP contribution in [0.4, 0.5) is 0 Å². The number of hydrogen-bond acceptors (Lipinski definition) is 5. The van der Waals surface area contributed by atoms with Crippen molar-refractivity contribution in [2.45, 2.75) is 0 Å². The molecule has 4 nitrogen and oxygen atoms in total. The van der Waals surface area contributed by atoms with Crippen molar-refractivity contribution >= 4 is 21.1 Å². The molecule has 0 aliphatic heterocycles. The van der Waals surface area contributed by atoms with E-state index in [0.717, 1.165) is 0 Å². The number of nitrogens with zero attached hydrogens (tertiary/aromatic N) is 1. The SMILES string of the molecule is O=NSS(=O)[O-].[K+]. The van der Waals surface area contributed by atoms with Gasteiger partial charge in [-0.2, -0.15) is 0 Å². The topological polar surface area (TPSA) is 69.6 Å². The van der Waals surface area contributed by atoms with Gasteiger partial charge >= 0.3 is 51.4 Å². The van der Waals surface area contributed by atoms with Crippen molar-refractivity contribution < 1.29 is 60.1 Å². The fraction of sp³-hybridized carbons (Fsp3) is 0. The number of rotatable bonds is 2. The Morgan fingerprint density at radius 1 is 1.71 bits per heavy atom. The van der Waals surface area contributed by atoms with Gasteiger partial charge in [-0.1, -0.05) is 0 Å². The summed E-state index contributed by atoms with van der Waals surface area (Å²) in [5, 5.41) is 0. The zero-order chi connectivity index (χ0) is 4.99. The second-order valence-electron chi connectivity index (χ2n) is 0.353. The Labute approximate surface area is 89.0 Å². The van der Waals surface area contributed by atoms with E-state index in [9.17, 15) is 8.76 Å². The van der Waals surface area contributed by atoms with Gasteiger partial charge < -0.3 is 4.55 Å². The van der Waals surface area contributed by atoms with Crippen LogP contribution in [-0.2, 0) is 10.1 Å². The predicted molar refractivity (Wildman–Crippen MR) is 22.3 cm³/mol. The molecule has 0 rings (SSSR count). The standard InChI is InChI=1S/K.HNO3S2/c;2-1-5-6(3)4/h;(H,3,4)/q+1;/p-1. The van der Waals surface area contributed by atoms with Crippen LogP contribution < -0.4 is 51.4 Å². The predicted octanol–water partition coefficient (Wildman–Crippen LogP) is -2.80. The van der Waals surface area contributed by atoms with E-state index in [-0.39, 0.29) is 62.4 Å². The second kappa shape index (κ2) is 7.70. The van der Waals surface area contributed by atoms with Crippen molar-refractivity contribution in [3.05, 3.63) is 4.91 Å². The van der Waals surface area contributed by atoms with Crippen LogP contribution in [-0.4, -0.2) is 8.76 Å². The molecule has 0 saturated carbocycles. The van der Waals surface area contributed by atoms with Crippen molar-refractivity contribution in [3.63, 3.8) is 0 Å². The van der Waals surface area contributed by atoms with E-state index >= 15 is 0 Å². The van der Waals surface area contributed by atoms with E-state index in [1.165, 1.54) is 0 Å². The zero-order valence-corrected chi connectivity index (χ0v) is 8.24. The molecule has 0 N–H and O–H groups in total. The fourth-order valence-electron chi connectivity index (χ4n) is 0.0248. The molecule has 0 aromatic heterocycles. The van der Waals surface area contributed by atoms with Crippen molar-refractivity contribution in [1.82, 2.24) is 0 Å². The van der Waals surface area contributed by atoms with Crippen LogP contribution in [0.15, 0.2) is 4.58 Å². The molecule has 0 aliphatic carbocycles. The monoisotopic (exact) mass is 165 g/mol. The van der Waals surface area contributed by atoms with E-state index < -0.39 is 10.1 Å². The maximum Gasteiger partial charge on any atom is 1.00 e. The Morgan fingerprint density at radius 3 is 2.14 bits per heavy atom. The molecule has 0 saturated heterocycles. The zero-order valence-electron chi connectivity index (χ0n) is 3.49. The summed E-state index contributed by atoms with van der Waals surface area (Å²) in [5.41, 5.74) is 0. The first-order valence-corrected chi connectivity index (χ1v) is 3.23. The van der Waals surface area contributed by atoms with Gasteiger partial charge in [0.15, 0.2) is 0 Å². The van der Waals surface area contributed by atoms with Gasteiger partial charge in [0, 0.05) is 14.7 Å². The third kappa shape index (κ3) is 11.3. The largest absolute Gasteiger partial charge is 1.00 e. The van der Waals surface area contributed by atoms with Gasteiger partial charge in [0.1, 0.15) is 11.0 Å². The molecule has 0 fully saturated rings. The number of hydrogen-bond donors (Lipinski definition) is 0. The molecular weight excluding hydrogens is 165 g/mol. The van der Waals surface area contributed by atoms with Crippen molar-refractivity contribution in [3.8, 4) is 0 Å². The molecule has 0 amide bonds. The van der Waals surface area contributed by atoms with E-state index in [1.807, 2.05) is 4.58 Å². The smallest absolute Gasteiger partial charge is 0.762 e. The summed E-state index contributed by atoms with van der Waals surface area (Å²) in [6.45, 7) is 0. The van der Waals surface area contributed by atoms with E-state index in [0.29, 0.717) is 0 Å². The molecule has 0 aromatic carbocycles. The minimum absolute atomic E-state index is 0. The van der Waals surface area contributed by atoms with Crippen LogP contribution in [0.5, 0.6) is 0 Å². The summed E-state index contributed by atoms with van der Waals surface area (Å²) in [4.78, 5) is 8.94. The van der Waals surface area contributed by atoms with Gasteiger partial charge in [-0.3, -0.25) is 4.21 Å². The first kappa shape index (κ1) is 11.5. The summed E-state index contributed by atoms with van der Waals surface area (Å²) in [5.74, 6) is 0. The van der Waals surface area contributed by atoms with Crippen molar-refractivity contribution in [2.75, 3.05) is 0 Å². The molecule has 0 bridgehead atoms. The fourth-order valence-corrected chi connectivity index (χ4v) is 0.224. The van der Waals surface area contributed by atoms with Crippen LogP contribution in [0, 0.1) is 4.91 Å². The quantitative estimate of drug-likeness (QED) is 0.146. The maximum absolute atomic E-state index is 9.27. The molecule has 0 spiro atoms. The third-order valence-electron chi connectivity index (χ3n) is 0.0913. The molecule has 7 heavy (non-hydrogen) atoms. The van der Waals surface area contributed by atoms with Crippen LogP contribution in [0.2, 0.25) is 0 Å². The van der Waals surface area contributed by atoms with Crippen LogP contribution in [0.3, 0.4) is 0 Å². The molecule has 0 radical (unpaired) electrons. The minimum atomic E-state index is -2.38. The molecule has 0 aromatic rings. The average molecular weight is 165 g/mol. The summed E-state index contributed by atoms with van der Waals surface area (Å²) >= 11 is 0. The first-order chi connectivity index (χ1) is 2.77. The van der Waals surface area contributed by atoms with Gasteiger partial charge in [-0.25, -0.2) is 0 Å². The van der Waals surface area contributed by atoms with Crippen LogP contribution >= 0.6 is 11.0 Å². The van der Waals surface area contributed by atoms with Crippen molar-refractivity contribution in [1.29, 1.82) is 0 Å². The van der Waals surface area contributed by atoms with Gasteiger partial charge in [0.2, 0.25) is 0 Å². The summed E-state index contributed by atoms with van der Waals surface area (Å²) in [7, 11) is -2.41. The molecule has 36 valence electrons. The van der Waals surface area contributed by atoms with E-state index in [1.54, 1.807) is 0 Å². The minimum Gasteiger partial charge on any atom is -0.762 e. The molecule has 0 aliphatic rings. The van der Waals surface area contributed by atoms with Crippen molar-refractivity contribution in [2.24, 2.45) is 4.58 Å². The molecular formula is KNO3S2. The second-order valence-corrected chi connectivity index (χ2v) is 2.32. The van der Waals surface area contributed by atoms with E-state index in [4.69, 9.17) is 4.91 Å². The first-order valence-electron chi connectivity index (χ1n) is 0.865. The molecule has 7 heteroatoms. The maximum atomic E-state index is 9.27. The van der Waals surface area contributed by atoms with Crippen LogP contribution in [0.1, 0.15) is 0 Å². The summed E-state index contributed by atoms with van der Waals surface area (Å²) in [6.07, 6.45) is 0. The summed E-state index contributed by atoms with van der Waals surface area (Å²) in [6, 6.07) is 0. The number of nitroso groups, excluding NO2 is 1. The Kier molecular flexibility index (Phi) is 12.6. The Hall–Kier alpha value is 1.70. The van der Waals surface area contributed by atoms with Crippen LogP contribution in [0.25, 0.3) is 0 Å². The van der Waals surface area contributed by atoms with Gasteiger partial charge in [-0.05, 0) is 0 Å². The van der Waals surface area contributed by atoms with E-state index in [2.05, 4.69) is 0 Å². The summed E-state index contributed by atoms with van der Waals surface area (Å²) < 4.78 is 20.5. The molecule has 1 unspecified atom stereocenters. The Bertz CT molecular complexity index is 73.3. The third-order valence-corrected chi connectivity index (χ3v) is 0.822.